The van der Waals surface area contributed by atoms with Crippen molar-refractivity contribution in [1.82, 2.24) is 5.32 Å². The summed E-state index contributed by atoms with van der Waals surface area (Å²) in [4.78, 5) is 11.9. The number of rotatable bonds is 1. The smallest absolute Gasteiger partial charge is 0.261 e. The summed E-state index contributed by atoms with van der Waals surface area (Å²) < 4.78 is 25.9. The van der Waals surface area contributed by atoms with Crippen LogP contribution in [0.2, 0.25) is 0 Å². The summed E-state index contributed by atoms with van der Waals surface area (Å²) in [6.07, 6.45) is 1.33. The molecule has 8 heteroatoms. The van der Waals surface area contributed by atoms with E-state index in [1.54, 1.807) is 0 Å². The van der Waals surface area contributed by atoms with Crippen LogP contribution in [0.4, 0.5) is 0 Å². The number of hydrogen-bond donors (Lipinski definition) is 4. The summed E-state index contributed by atoms with van der Waals surface area (Å²) in [6.45, 7) is 3.97. The van der Waals surface area contributed by atoms with Crippen molar-refractivity contribution in [2.24, 2.45) is 5.73 Å². The Bertz CT molecular complexity index is 743. The molecule has 1 amide bonds. The van der Waals surface area contributed by atoms with Crippen LogP contribution in [0.5, 0.6) is 0 Å². The summed E-state index contributed by atoms with van der Waals surface area (Å²) in [5.41, 5.74) is 10.3. The number of nitrogens with two attached hydrogens (primary N) is 1. The van der Waals surface area contributed by atoms with Crippen molar-refractivity contribution >= 4 is 27.6 Å². The second-order valence-corrected chi connectivity index (χ2v) is 6.45. The van der Waals surface area contributed by atoms with Crippen molar-refractivity contribution in [2.45, 2.75) is 20.3 Å². The van der Waals surface area contributed by atoms with E-state index < -0.39 is 10.1 Å². The van der Waals surface area contributed by atoms with Crippen molar-refractivity contribution in [3.8, 4) is 0 Å². The number of guanidine groups is 1. The standard InChI is InChI=1S/C13H15N3O.CH4O3S/c1-7-4-3-5-9-8(2)11(6-10(7)9)12(17)16-13(14)15;1-5(2,3)4/h3-5H,6H2,1-2H3,(H4,14,15,16,17);1H3,(H,2,3,4). The van der Waals surface area contributed by atoms with Crippen molar-refractivity contribution < 1.29 is 17.8 Å². The van der Waals surface area contributed by atoms with E-state index in [0.29, 0.717) is 18.2 Å². The van der Waals surface area contributed by atoms with Gasteiger partial charge in [-0.05, 0) is 36.1 Å². The number of fused-ring (bicyclic) bond motifs is 1. The molecule has 7 nitrogen and oxygen atoms in total. The van der Waals surface area contributed by atoms with Gasteiger partial charge in [-0.2, -0.15) is 8.42 Å². The van der Waals surface area contributed by atoms with Crippen molar-refractivity contribution in [2.75, 3.05) is 6.26 Å². The van der Waals surface area contributed by atoms with Gasteiger partial charge in [-0.1, -0.05) is 18.2 Å². The Morgan fingerprint density at radius 3 is 2.36 bits per heavy atom. The van der Waals surface area contributed by atoms with Gasteiger partial charge in [0.2, 0.25) is 0 Å². The normalized spacial score (nSPS) is 13.1. The van der Waals surface area contributed by atoms with Gasteiger partial charge in [0, 0.05) is 12.0 Å². The highest BCUT2D eigenvalue weighted by Gasteiger charge is 2.24. The molecule has 0 heterocycles. The highest BCUT2D eigenvalue weighted by atomic mass is 32.2. The van der Waals surface area contributed by atoms with Crippen LogP contribution in [0, 0.1) is 12.3 Å². The number of hydrogen-bond acceptors (Lipinski definition) is 4. The molecule has 0 aromatic heterocycles. The van der Waals surface area contributed by atoms with Gasteiger partial charge in [0.05, 0.1) is 6.26 Å². The molecule has 0 spiro atoms. The lowest BCUT2D eigenvalue weighted by Crippen LogP contribution is -2.36. The minimum atomic E-state index is -3.67. The van der Waals surface area contributed by atoms with Crippen LogP contribution in [-0.2, 0) is 21.3 Å². The highest BCUT2D eigenvalue weighted by Crippen LogP contribution is 2.34. The third-order valence-electron chi connectivity index (χ3n) is 3.14. The maximum absolute atomic E-state index is 11.9. The third-order valence-corrected chi connectivity index (χ3v) is 3.14. The zero-order valence-electron chi connectivity index (χ0n) is 12.6. The van der Waals surface area contributed by atoms with E-state index in [0.717, 1.165) is 11.1 Å². The number of carbonyl (C=O) groups excluding carboxylic acids is 1. The Hall–Kier alpha value is -2.19. The molecule has 1 aromatic carbocycles. The Kier molecular flexibility index (Phi) is 5.45. The molecular formula is C14H19N3O4S. The minimum Gasteiger partial charge on any atom is -0.370 e. The predicted molar refractivity (Wildman–Crippen MR) is 85.0 cm³/mol. The number of allylic oxidation sites excluding steroid dienone is 1. The lowest BCUT2D eigenvalue weighted by Gasteiger charge is -2.04. The lowest BCUT2D eigenvalue weighted by atomic mass is 10.0. The van der Waals surface area contributed by atoms with Crippen LogP contribution in [0.3, 0.4) is 0 Å². The van der Waals surface area contributed by atoms with Gasteiger partial charge in [-0.3, -0.25) is 20.1 Å². The molecule has 0 saturated heterocycles. The predicted octanol–water partition coefficient (Wildman–Crippen LogP) is 0.838. The Labute approximate surface area is 129 Å². The third kappa shape index (κ3) is 4.97. The SMILES string of the molecule is CC1=C(C(=O)NC(=N)N)Cc2c(C)cccc21.CS(=O)(=O)O. The number of aryl methyl sites for hydroxylation is 1. The molecule has 0 bridgehead atoms. The first-order chi connectivity index (χ1) is 10.0. The van der Waals surface area contributed by atoms with Gasteiger partial charge in [-0.25, -0.2) is 0 Å². The molecular weight excluding hydrogens is 306 g/mol. The summed E-state index contributed by atoms with van der Waals surface area (Å²) >= 11 is 0. The van der Waals surface area contributed by atoms with Crippen molar-refractivity contribution in [3.63, 3.8) is 0 Å². The first-order valence-electron chi connectivity index (χ1n) is 6.37. The number of amides is 1. The molecule has 22 heavy (non-hydrogen) atoms. The molecule has 1 aliphatic carbocycles. The first kappa shape index (κ1) is 17.9. The van der Waals surface area contributed by atoms with E-state index in [4.69, 9.17) is 15.7 Å². The average molecular weight is 325 g/mol. The van der Waals surface area contributed by atoms with Gasteiger partial charge in [0.1, 0.15) is 0 Å². The summed E-state index contributed by atoms with van der Waals surface area (Å²) in [6, 6.07) is 6.05. The van der Waals surface area contributed by atoms with Gasteiger partial charge >= 0.3 is 0 Å². The summed E-state index contributed by atoms with van der Waals surface area (Å²) in [5, 5.41) is 9.41. The fraction of sp³-hybridized carbons (Fsp3) is 0.286. The van der Waals surface area contributed by atoms with Gasteiger partial charge in [0.25, 0.3) is 16.0 Å². The van der Waals surface area contributed by atoms with Gasteiger partial charge < -0.3 is 5.73 Å². The lowest BCUT2D eigenvalue weighted by molar-refractivity contribution is -0.116. The molecule has 2 rings (SSSR count). The molecule has 120 valence electrons. The Balaban J connectivity index is 0.000000422. The van der Waals surface area contributed by atoms with Gasteiger partial charge in [0.15, 0.2) is 5.96 Å². The highest BCUT2D eigenvalue weighted by molar-refractivity contribution is 7.85. The molecule has 1 aliphatic rings. The molecule has 1 aromatic rings. The molecule has 0 aliphatic heterocycles. The summed E-state index contributed by atoms with van der Waals surface area (Å²) in [5.74, 6) is -0.589. The van der Waals surface area contributed by atoms with Crippen molar-refractivity contribution in [1.29, 1.82) is 5.41 Å². The monoisotopic (exact) mass is 325 g/mol. The molecule has 5 N–H and O–H groups in total. The zero-order chi connectivity index (χ0) is 17.1. The van der Waals surface area contributed by atoms with Crippen LogP contribution in [0.25, 0.3) is 5.57 Å². The van der Waals surface area contributed by atoms with Crippen LogP contribution in [-0.4, -0.2) is 31.1 Å². The number of nitrogens with one attached hydrogen (secondary N) is 2. The van der Waals surface area contributed by atoms with Crippen LogP contribution in [0.1, 0.15) is 23.6 Å². The van der Waals surface area contributed by atoms with E-state index in [2.05, 4.69) is 5.32 Å². The maximum Gasteiger partial charge on any atom is 0.261 e. The van der Waals surface area contributed by atoms with E-state index >= 15 is 0 Å². The zero-order valence-corrected chi connectivity index (χ0v) is 13.4. The largest absolute Gasteiger partial charge is 0.370 e. The molecule has 0 radical (unpaired) electrons. The Morgan fingerprint density at radius 1 is 1.36 bits per heavy atom. The van der Waals surface area contributed by atoms with E-state index in [1.165, 1.54) is 11.1 Å². The second-order valence-electron chi connectivity index (χ2n) is 4.98. The van der Waals surface area contributed by atoms with Crippen molar-refractivity contribution in [3.05, 3.63) is 40.5 Å². The van der Waals surface area contributed by atoms with Gasteiger partial charge in [-0.15, -0.1) is 0 Å². The first-order valence-corrected chi connectivity index (χ1v) is 8.22. The quantitative estimate of drug-likeness (QED) is 0.345. The molecule has 0 saturated carbocycles. The topological polar surface area (TPSA) is 133 Å². The van der Waals surface area contributed by atoms with E-state index in [1.807, 2.05) is 32.0 Å². The second kappa shape index (κ2) is 6.71. The molecule has 0 fully saturated rings. The van der Waals surface area contributed by atoms with E-state index in [-0.39, 0.29) is 11.9 Å². The van der Waals surface area contributed by atoms with Crippen LogP contribution in [0.15, 0.2) is 23.8 Å². The fourth-order valence-corrected chi connectivity index (χ4v) is 2.21. The minimum absolute atomic E-state index is 0.273. The molecule has 0 atom stereocenters. The van der Waals surface area contributed by atoms with E-state index in [9.17, 15) is 13.2 Å². The molecule has 0 unspecified atom stereocenters. The number of carbonyl (C=O) groups is 1. The summed E-state index contributed by atoms with van der Waals surface area (Å²) in [7, 11) is -3.67. The number of benzene rings is 1. The van der Waals surface area contributed by atoms with Crippen LogP contribution < -0.4 is 11.1 Å². The average Bonchev–Trinajstić information content (AvgIpc) is 2.66. The Morgan fingerprint density at radius 2 is 1.91 bits per heavy atom. The maximum atomic E-state index is 11.9. The fourth-order valence-electron chi connectivity index (χ4n) is 2.21. The van der Waals surface area contributed by atoms with Crippen LogP contribution >= 0.6 is 0 Å².